The normalized spacial score (nSPS) is 22.0. The lowest BCUT2D eigenvalue weighted by Crippen LogP contribution is -2.44. The van der Waals surface area contributed by atoms with Gasteiger partial charge in [0.05, 0.1) is 5.54 Å². The molecule has 0 aliphatic carbocycles. The Bertz CT molecular complexity index is 758. The number of allylic oxidation sites excluding steroid dienone is 3. The first-order chi connectivity index (χ1) is 11.3. The molecule has 2 N–H and O–H groups in total. The average molecular weight is 325 g/mol. The summed E-state index contributed by atoms with van der Waals surface area (Å²) in [7, 11) is 1.85. The maximum atomic E-state index is 14.0. The molecule has 0 fully saturated rings. The van der Waals surface area contributed by atoms with Crippen LogP contribution in [0.2, 0.25) is 0 Å². The SMILES string of the molecule is C=C(/C=C(\C=C/C)[C@]1(C)CC(=C)N(C)C(N)=N1)c1ccccc1F. The highest BCUT2D eigenvalue weighted by Crippen LogP contribution is 2.35. The number of guanidine groups is 1. The topological polar surface area (TPSA) is 41.6 Å². The molecular weight excluding hydrogens is 301 g/mol. The maximum absolute atomic E-state index is 14.0. The van der Waals surface area contributed by atoms with Crippen molar-refractivity contribution < 1.29 is 4.39 Å². The van der Waals surface area contributed by atoms with Crippen molar-refractivity contribution in [1.82, 2.24) is 4.90 Å². The fourth-order valence-corrected chi connectivity index (χ4v) is 2.76. The molecule has 0 unspecified atom stereocenters. The molecular formula is C20H24FN3. The number of nitrogens with two attached hydrogens (primary N) is 1. The highest BCUT2D eigenvalue weighted by Gasteiger charge is 2.34. The van der Waals surface area contributed by atoms with Crippen LogP contribution in [-0.4, -0.2) is 23.4 Å². The second-order valence-corrected chi connectivity index (χ2v) is 6.15. The molecule has 1 aromatic rings. The van der Waals surface area contributed by atoms with Crippen LogP contribution in [0.1, 0.15) is 25.8 Å². The van der Waals surface area contributed by atoms with Gasteiger partial charge in [-0.3, -0.25) is 0 Å². The Morgan fingerprint density at radius 1 is 1.42 bits per heavy atom. The van der Waals surface area contributed by atoms with Crippen molar-refractivity contribution in [3.63, 3.8) is 0 Å². The van der Waals surface area contributed by atoms with Crippen LogP contribution in [0, 0.1) is 5.82 Å². The molecule has 0 radical (unpaired) electrons. The minimum Gasteiger partial charge on any atom is -0.370 e. The molecule has 3 nitrogen and oxygen atoms in total. The number of hydrogen-bond acceptors (Lipinski definition) is 3. The van der Waals surface area contributed by atoms with E-state index in [4.69, 9.17) is 5.73 Å². The van der Waals surface area contributed by atoms with E-state index >= 15 is 0 Å². The lowest BCUT2D eigenvalue weighted by Gasteiger charge is -2.37. The van der Waals surface area contributed by atoms with E-state index in [1.54, 1.807) is 23.1 Å². The summed E-state index contributed by atoms with van der Waals surface area (Å²) in [4.78, 5) is 6.42. The van der Waals surface area contributed by atoms with Gasteiger partial charge in [-0.2, -0.15) is 0 Å². The van der Waals surface area contributed by atoms with E-state index in [9.17, 15) is 4.39 Å². The quantitative estimate of drug-likeness (QED) is 0.840. The Morgan fingerprint density at radius 2 is 2.08 bits per heavy atom. The smallest absolute Gasteiger partial charge is 0.196 e. The molecule has 1 aliphatic rings. The summed E-state index contributed by atoms with van der Waals surface area (Å²) in [5.41, 5.74) is 8.34. The number of aliphatic imine (C=N–C) groups is 1. The first kappa shape index (κ1) is 17.7. The van der Waals surface area contributed by atoms with Gasteiger partial charge in [0.25, 0.3) is 0 Å². The zero-order chi connectivity index (χ0) is 17.9. The molecule has 1 heterocycles. The van der Waals surface area contributed by atoms with Gasteiger partial charge in [0, 0.05) is 24.7 Å². The van der Waals surface area contributed by atoms with E-state index in [1.165, 1.54) is 6.07 Å². The van der Waals surface area contributed by atoms with E-state index in [-0.39, 0.29) is 5.82 Å². The van der Waals surface area contributed by atoms with Crippen molar-refractivity contribution in [2.24, 2.45) is 10.7 Å². The molecule has 1 aromatic carbocycles. The van der Waals surface area contributed by atoms with Crippen molar-refractivity contribution >= 4 is 11.5 Å². The minimum absolute atomic E-state index is 0.292. The molecule has 24 heavy (non-hydrogen) atoms. The Labute approximate surface area is 143 Å². The van der Waals surface area contributed by atoms with Crippen molar-refractivity contribution in [2.75, 3.05) is 7.05 Å². The zero-order valence-electron chi connectivity index (χ0n) is 14.5. The Balaban J connectivity index is 2.48. The van der Waals surface area contributed by atoms with Crippen LogP contribution in [0.5, 0.6) is 0 Å². The second kappa shape index (κ2) is 6.87. The monoisotopic (exact) mass is 325 g/mol. The summed E-state index contributed by atoms with van der Waals surface area (Å²) in [5.74, 6) is 0.125. The van der Waals surface area contributed by atoms with Crippen LogP contribution in [0.15, 0.2) is 71.9 Å². The summed E-state index contributed by atoms with van der Waals surface area (Å²) in [5, 5.41) is 0. The lowest BCUT2D eigenvalue weighted by molar-refractivity contribution is 0.440. The number of nitrogens with zero attached hydrogens (tertiary/aromatic N) is 2. The van der Waals surface area contributed by atoms with Crippen LogP contribution in [0.3, 0.4) is 0 Å². The number of hydrogen-bond donors (Lipinski definition) is 1. The van der Waals surface area contributed by atoms with Gasteiger partial charge in [0.15, 0.2) is 5.96 Å². The van der Waals surface area contributed by atoms with Gasteiger partial charge in [0.1, 0.15) is 5.82 Å². The lowest BCUT2D eigenvalue weighted by atomic mass is 9.84. The first-order valence-electron chi connectivity index (χ1n) is 7.84. The van der Waals surface area contributed by atoms with E-state index in [0.717, 1.165) is 11.3 Å². The molecule has 0 spiro atoms. The van der Waals surface area contributed by atoms with Crippen LogP contribution in [0.25, 0.3) is 5.57 Å². The molecule has 0 saturated heterocycles. The highest BCUT2D eigenvalue weighted by atomic mass is 19.1. The van der Waals surface area contributed by atoms with E-state index in [0.29, 0.717) is 23.5 Å². The Kier molecular flexibility index (Phi) is 5.07. The number of rotatable bonds is 4. The molecule has 126 valence electrons. The van der Waals surface area contributed by atoms with E-state index in [1.807, 2.05) is 39.1 Å². The van der Waals surface area contributed by atoms with Crippen molar-refractivity contribution in [3.05, 3.63) is 78.3 Å². The molecule has 0 aromatic heterocycles. The molecule has 0 amide bonds. The third kappa shape index (κ3) is 3.48. The molecule has 4 heteroatoms. The molecule has 0 saturated carbocycles. The van der Waals surface area contributed by atoms with Crippen molar-refractivity contribution in [1.29, 1.82) is 0 Å². The molecule has 0 bridgehead atoms. The van der Waals surface area contributed by atoms with Crippen molar-refractivity contribution in [3.8, 4) is 0 Å². The summed E-state index contributed by atoms with van der Waals surface area (Å²) in [6, 6.07) is 6.60. The van der Waals surface area contributed by atoms with Crippen LogP contribution >= 0.6 is 0 Å². The second-order valence-electron chi connectivity index (χ2n) is 6.15. The highest BCUT2D eigenvalue weighted by molar-refractivity contribution is 5.82. The van der Waals surface area contributed by atoms with Gasteiger partial charge < -0.3 is 10.6 Å². The zero-order valence-corrected chi connectivity index (χ0v) is 14.5. The van der Waals surface area contributed by atoms with Crippen molar-refractivity contribution in [2.45, 2.75) is 25.8 Å². The van der Waals surface area contributed by atoms with Gasteiger partial charge >= 0.3 is 0 Å². The van der Waals surface area contributed by atoms with E-state index in [2.05, 4.69) is 18.2 Å². The number of halogens is 1. The van der Waals surface area contributed by atoms with Gasteiger partial charge in [0.2, 0.25) is 0 Å². The van der Waals surface area contributed by atoms with E-state index < -0.39 is 5.54 Å². The average Bonchev–Trinajstić information content (AvgIpc) is 2.52. The van der Waals surface area contributed by atoms with Crippen LogP contribution < -0.4 is 5.73 Å². The number of benzene rings is 1. The third-order valence-corrected chi connectivity index (χ3v) is 4.25. The third-order valence-electron chi connectivity index (χ3n) is 4.25. The van der Waals surface area contributed by atoms with Gasteiger partial charge in [-0.1, -0.05) is 43.5 Å². The summed E-state index contributed by atoms with van der Waals surface area (Å²) in [6.45, 7) is 12.0. The minimum atomic E-state index is -0.561. The molecule has 1 atom stereocenters. The van der Waals surface area contributed by atoms with Gasteiger partial charge in [-0.25, -0.2) is 9.38 Å². The largest absolute Gasteiger partial charge is 0.370 e. The van der Waals surface area contributed by atoms with Crippen LogP contribution in [0.4, 0.5) is 4.39 Å². The van der Waals surface area contributed by atoms with Gasteiger partial charge in [-0.15, -0.1) is 0 Å². The fourth-order valence-electron chi connectivity index (χ4n) is 2.76. The summed E-state index contributed by atoms with van der Waals surface area (Å²) >= 11 is 0. The molecule has 2 rings (SSSR count). The fraction of sp³-hybridized carbons (Fsp3) is 0.250. The maximum Gasteiger partial charge on any atom is 0.196 e. The standard InChI is InChI=1S/C20H24FN3/c1-6-9-16(12-14(2)17-10-7-8-11-18(17)21)20(4)13-15(3)24(5)19(22)23-20/h6-12H,2-3,13H2,1,4-5H3,(H2,22,23)/b9-6-,16-12+/t20-/m0/s1. The predicted molar refractivity (Wildman–Crippen MR) is 99.9 cm³/mol. The first-order valence-corrected chi connectivity index (χ1v) is 7.84. The molecule has 1 aliphatic heterocycles. The predicted octanol–water partition coefficient (Wildman–Crippen LogP) is 4.26. The Morgan fingerprint density at radius 3 is 2.67 bits per heavy atom. The summed E-state index contributed by atoms with van der Waals surface area (Å²) in [6.07, 6.45) is 6.39. The van der Waals surface area contributed by atoms with Gasteiger partial charge in [-0.05, 0) is 37.1 Å². The van der Waals surface area contributed by atoms with Crippen LogP contribution in [-0.2, 0) is 0 Å². The Hall–Kier alpha value is -2.62. The summed E-state index contributed by atoms with van der Waals surface area (Å²) < 4.78 is 14.0.